The highest BCUT2D eigenvalue weighted by Crippen LogP contribution is 2.30. The second-order valence-electron chi connectivity index (χ2n) is 4.64. The topological polar surface area (TPSA) is 72.1 Å². The van der Waals surface area contributed by atoms with Crippen molar-refractivity contribution in [2.75, 3.05) is 17.7 Å². The molecule has 0 aliphatic carbocycles. The van der Waals surface area contributed by atoms with Gasteiger partial charge in [-0.05, 0) is 30.2 Å². The van der Waals surface area contributed by atoms with Gasteiger partial charge in [0.25, 0.3) is 0 Å². The average Bonchev–Trinajstić information content (AvgIpc) is 2.43. The molecule has 1 aliphatic heterocycles. The molecule has 1 aliphatic rings. The number of anilines is 2. The number of hydrogen-bond acceptors (Lipinski definition) is 4. The minimum atomic E-state index is 0.156. The van der Waals surface area contributed by atoms with Crippen LogP contribution in [0.4, 0.5) is 11.4 Å². The predicted octanol–water partition coefficient (Wildman–Crippen LogP) is 1.63. The van der Waals surface area contributed by atoms with E-state index in [1.807, 2.05) is 18.2 Å². The molecule has 1 aromatic heterocycles. The van der Waals surface area contributed by atoms with E-state index < -0.39 is 0 Å². The largest absolute Gasteiger partial charge is 0.396 e. The highest BCUT2D eigenvalue weighted by Gasteiger charge is 2.21. The molecule has 0 bridgehead atoms. The van der Waals surface area contributed by atoms with Gasteiger partial charge in [-0.3, -0.25) is 4.79 Å². The van der Waals surface area contributed by atoms with E-state index >= 15 is 0 Å². The van der Waals surface area contributed by atoms with Gasteiger partial charge in [-0.2, -0.15) is 0 Å². The molecular formula is C14H14N4O. The monoisotopic (exact) mass is 254 g/mol. The summed E-state index contributed by atoms with van der Waals surface area (Å²) in [6.07, 6.45) is 4.51. The van der Waals surface area contributed by atoms with Crippen LogP contribution in [0.5, 0.6) is 0 Å². The Balaban J connectivity index is 2.02. The number of nitrogens with zero attached hydrogens (tertiary/aromatic N) is 3. The zero-order valence-corrected chi connectivity index (χ0v) is 10.6. The minimum absolute atomic E-state index is 0.156. The second-order valence-corrected chi connectivity index (χ2v) is 4.64. The van der Waals surface area contributed by atoms with Gasteiger partial charge in [0, 0.05) is 24.7 Å². The molecule has 0 unspecified atom stereocenters. The third-order valence-corrected chi connectivity index (χ3v) is 3.35. The maximum absolute atomic E-state index is 11.6. The lowest BCUT2D eigenvalue weighted by Crippen LogP contribution is -2.30. The van der Waals surface area contributed by atoms with Crippen molar-refractivity contribution in [1.29, 1.82) is 0 Å². The van der Waals surface area contributed by atoms with Crippen molar-refractivity contribution >= 4 is 17.3 Å². The molecule has 2 aromatic rings. The molecule has 1 amide bonds. The molecule has 0 radical (unpaired) electrons. The van der Waals surface area contributed by atoms with Gasteiger partial charge in [0.05, 0.1) is 18.1 Å². The summed E-state index contributed by atoms with van der Waals surface area (Å²) in [6, 6.07) is 5.92. The number of amides is 1. The number of nitrogens with two attached hydrogens (primary N) is 1. The number of fused-ring (bicyclic) bond motifs is 1. The molecule has 19 heavy (non-hydrogen) atoms. The second kappa shape index (κ2) is 4.35. The van der Waals surface area contributed by atoms with E-state index in [0.29, 0.717) is 17.9 Å². The number of rotatable bonds is 1. The van der Waals surface area contributed by atoms with Crippen LogP contribution in [0.15, 0.2) is 30.6 Å². The molecule has 5 nitrogen and oxygen atoms in total. The van der Waals surface area contributed by atoms with Crippen molar-refractivity contribution in [2.45, 2.75) is 12.8 Å². The Morgan fingerprint density at radius 1 is 1.21 bits per heavy atom. The molecule has 2 heterocycles. The summed E-state index contributed by atoms with van der Waals surface area (Å²) in [5.74, 6) is 0.806. The standard InChI is InChI=1S/C14H14N4O/c1-18-12-4-2-10(6-9(12)3-5-13(18)19)14-16-7-11(15)8-17-14/h2,4,6-8H,3,5,15H2,1H3. The molecule has 0 atom stereocenters. The smallest absolute Gasteiger partial charge is 0.227 e. The predicted molar refractivity (Wildman–Crippen MR) is 73.6 cm³/mol. The first-order valence-corrected chi connectivity index (χ1v) is 6.12. The lowest BCUT2D eigenvalue weighted by atomic mass is 9.99. The van der Waals surface area contributed by atoms with Crippen LogP contribution in [0, 0.1) is 0 Å². The van der Waals surface area contributed by atoms with Crippen molar-refractivity contribution in [3.8, 4) is 11.4 Å². The summed E-state index contributed by atoms with van der Waals surface area (Å²) in [4.78, 5) is 21.8. The van der Waals surface area contributed by atoms with Gasteiger partial charge in [0.1, 0.15) is 0 Å². The normalized spacial score (nSPS) is 14.4. The van der Waals surface area contributed by atoms with Crippen molar-refractivity contribution in [2.24, 2.45) is 0 Å². The van der Waals surface area contributed by atoms with Crippen LogP contribution in [0.2, 0.25) is 0 Å². The molecule has 2 N–H and O–H groups in total. The number of nitrogen functional groups attached to an aromatic ring is 1. The number of carbonyl (C=O) groups excluding carboxylic acids is 1. The zero-order valence-electron chi connectivity index (χ0n) is 10.6. The lowest BCUT2D eigenvalue weighted by molar-refractivity contribution is -0.118. The van der Waals surface area contributed by atoms with Gasteiger partial charge in [-0.25, -0.2) is 9.97 Å². The molecular weight excluding hydrogens is 240 g/mol. The van der Waals surface area contributed by atoms with E-state index in [-0.39, 0.29) is 5.91 Å². The molecule has 0 fully saturated rings. The Labute approximate surface area is 111 Å². The maximum Gasteiger partial charge on any atom is 0.227 e. The Kier molecular flexibility index (Phi) is 2.67. The van der Waals surface area contributed by atoms with E-state index in [1.165, 1.54) is 0 Å². The van der Waals surface area contributed by atoms with Gasteiger partial charge >= 0.3 is 0 Å². The van der Waals surface area contributed by atoms with Crippen molar-refractivity contribution in [3.63, 3.8) is 0 Å². The number of aryl methyl sites for hydroxylation is 1. The highest BCUT2D eigenvalue weighted by atomic mass is 16.2. The number of carbonyl (C=O) groups is 1. The van der Waals surface area contributed by atoms with Gasteiger partial charge < -0.3 is 10.6 Å². The Hall–Kier alpha value is -2.43. The van der Waals surface area contributed by atoms with E-state index in [4.69, 9.17) is 5.73 Å². The van der Waals surface area contributed by atoms with Gasteiger partial charge in [0.15, 0.2) is 5.82 Å². The minimum Gasteiger partial charge on any atom is -0.396 e. The number of benzene rings is 1. The molecule has 1 aromatic carbocycles. The van der Waals surface area contributed by atoms with E-state index in [1.54, 1.807) is 24.3 Å². The fourth-order valence-electron chi connectivity index (χ4n) is 2.28. The molecule has 3 rings (SSSR count). The number of aromatic nitrogens is 2. The molecule has 0 saturated carbocycles. The molecule has 5 heteroatoms. The van der Waals surface area contributed by atoms with Crippen molar-refractivity contribution in [1.82, 2.24) is 9.97 Å². The van der Waals surface area contributed by atoms with Crippen molar-refractivity contribution in [3.05, 3.63) is 36.2 Å². The summed E-state index contributed by atoms with van der Waals surface area (Å²) < 4.78 is 0. The van der Waals surface area contributed by atoms with Crippen LogP contribution in [0.1, 0.15) is 12.0 Å². The van der Waals surface area contributed by atoms with Gasteiger partial charge in [0.2, 0.25) is 5.91 Å². The van der Waals surface area contributed by atoms with Crippen LogP contribution in [-0.2, 0) is 11.2 Å². The average molecular weight is 254 g/mol. The number of hydrogen-bond donors (Lipinski definition) is 1. The quantitative estimate of drug-likeness (QED) is 0.839. The molecule has 0 spiro atoms. The summed E-state index contributed by atoms with van der Waals surface area (Å²) in [5, 5.41) is 0. The SMILES string of the molecule is CN1C(=O)CCc2cc(-c3ncc(N)cn3)ccc21. The van der Waals surface area contributed by atoms with Crippen LogP contribution in [0.3, 0.4) is 0 Å². The maximum atomic E-state index is 11.6. The van der Waals surface area contributed by atoms with Gasteiger partial charge in [-0.1, -0.05) is 0 Å². The highest BCUT2D eigenvalue weighted by molar-refractivity contribution is 5.96. The first-order valence-electron chi connectivity index (χ1n) is 6.12. The van der Waals surface area contributed by atoms with Gasteiger partial charge in [-0.15, -0.1) is 0 Å². The Morgan fingerprint density at radius 3 is 2.68 bits per heavy atom. The van der Waals surface area contributed by atoms with E-state index in [9.17, 15) is 4.79 Å². The molecule has 0 saturated heterocycles. The summed E-state index contributed by atoms with van der Waals surface area (Å²) in [5.41, 5.74) is 9.19. The third-order valence-electron chi connectivity index (χ3n) is 3.35. The Bertz CT molecular complexity index is 636. The summed E-state index contributed by atoms with van der Waals surface area (Å²) in [7, 11) is 1.81. The van der Waals surface area contributed by atoms with Crippen LogP contribution < -0.4 is 10.6 Å². The Morgan fingerprint density at radius 2 is 1.95 bits per heavy atom. The fourth-order valence-corrected chi connectivity index (χ4v) is 2.28. The summed E-state index contributed by atoms with van der Waals surface area (Å²) >= 11 is 0. The van der Waals surface area contributed by atoms with E-state index in [2.05, 4.69) is 9.97 Å². The van der Waals surface area contributed by atoms with Crippen LogP contribution >= 0.6 is 0 Å². The third kappa shape index (κ3) is 2.03. The van der Waals surface area contributed by atoms with E-state index in [0.717, 1.165) is 23.2 Å². The zero-order chi connectivity index (χ0) is 13.4. The van der Waals surface area contributed by atoms with Crippen LogP contribution in [-0.4, -0.2) is 22.9 Å². The first kappa shape index (κ1) is 11.6. The van der Waals surface area contributed by atoms with Crippen LogP contribution in [0.25, 0.3) is 11.4 Å². The fraction of sp³-hybridized carbons (Fsp3) is 0.214. The van der Waals surface area contributed by atoms with Crippen molar-refractivity contribution < 1.29 is 4.79 Å². The first-order chi connectivity index (χ1) is 9.15. The molecule has 96 valence electrons. The summed E-state index contributed by atoms with van der Waals surface area (Å²) in [6.45, 7) is 0. The lowest BCUT2D eigenvalue weighted by Gasteiger charge is -2.26.